The minimum atomic E-state index is 0.837. The van der Waals surface area contributed by atoms with Crippen LogP contribution in [0.2, 0.25) is 0 Å². The molecule has 0 radical (unpaired) electrons. The summed E-state index contributed by atoms with van der Waals surface area (Å²) in [6.45, 7) is 5.56. The number of rotatable bonds is 2. The molecule has 0 amide bonds. The largest absolute Gasteiger partial charge is 0.314 e. The van der Waals surface area contributed by atoms with Gasteiger partial charge in [0.1, 0.15) is 0 Å². The van der Waals surface area contributed by atoms with Crippen LogP contribution in [-0.4, -0.2) is 22.6 Å². The van der Waals surface area contributed by atoms with Crippen molar-refractivity contribution in [2.24, 2.45) is 0 Å². The van der Waals surface area contributed by atoms with Gasteiger partial charge in [-0.05, 0) is 32.2 Å². The van der Waals surface area contributed by atoms with Crippen LogP contribution in [0.25, 0.3) is 0 Å². The van der Waals surface area contributed by atoms with Gasteiger partial charge >= 0.3 is 0 Å². The Balaban J connectivity index is 0.000000160. The molecule has 0 aromatic carbocycles. The fraction of sp³-hybridized carbons (Fsp3) is 0.692. The van der Waals surface area contributed by atoms with Gasteiger partial charge in [-0.15, -0.1) is 0 Å². The molecule has 0 aliphatic carbocycles. The van der Waals surface area contributed by atoms with Crippen molar-refractivity contribution in [1.29, 1.82) is 0 Å². The van der Waals surface area contributed by atoms with E-state index in [1.807, 2.05) is 0 Å². The average Bonchev–Trinajstić information content (AvgIpc) is 2.41. The number of piperidine rings is 1. The third-order valence-corrected chi connectivity index (χ3v) is 2.88. The monoisotopic (exact) mass is 221 g/mol. The van der Waals surface area contributed by atoms with Gasteiger partial charge in [0.05, 0.1) is 5.69 Å². The molecule has 1 aliphatic rings. The van der Waals surface area contributed by atoms with E-state index >= 15 is 0 Å². The van der Waals surface area contributed by atoms with Gasteiger partial charge in [0.15, 0.2) is 0 Å². The number of nitrogens with zero attached hydrogens (tertiary/aromatic N) is 2. The summed E-state index contributed by atoms with van der Waals surface area (Å²) in [5.41, 5.74) is 1.05. The molecule has 0 bridgehead atoms. The van der Waals surface area contributed by atoms with Crippen LogP contribution in [-0.2, 0) is 6.42 Å². The molecule has 16 heavy (non-hydrogen) atoms. The summed E-state index contributed by atoms with van der Waals surface area (Å²) >= 11 is 0. The zero-order chi connectivity index (χ0) is 11.6. The second kappa shape index (κ2) is 8.22. The molecule has 0 saturated carbocycles. The van der Waals surface area contributed by atoms with Crippen LogP contribution >= 0.6 is 0 Å². The van der Waals surface area contributed by atoms with Gasteiger partial charge in [0.2, 0.25) is 0 Å². The van der Waals surface area contributed by atoms with E-state index in [0.29, 0.717) is 0 Å². The van der Waals surface area contributed by atoms with Crippen LogP contribution in [0, 0.1) is 0 Å². The van der Waals surface area contributed by atoms with Crippen molar-refractivity contribution in [3.8, 4) is 0 Å². The van der Waals surface area contributed by atoms with Crippen molar-refractivity contribution in [2.75, 3.05) is 6.54 Å². The molecule has 1 aromatic heterocycles. The van der Waals surface area contributed by atoms with Crippen molar-refractivity contribution >= 4 is 0 Å². The van der Waals surface area contributed by atoms with Crippen LogP contribution < -0.4 is 5.32 Å². The Labute approximate surface area is 98.7 Å². The number of aryl methyl sites for hydroxylation is 1. The first-order valence-electron chi connectivity index (χ1n) is 6.35. The summed E-state index contributed by atoms with van der Waals surface area (Å²) in [5, 5.41) is 3.47. The van der Waals surface area contributed by atoms with E-state index in [-0.39, 0.29) is 0 Å². The summed E-state index contributed by atoms with van der Waals surface area (Å²) < 4.78 is 0. The molecule has 3 nitrogen and oxygen atoms in total. The van der Waals surface area contributed by atoms with Crippen molar-refractivity contribution < 1.29 is 0 Å². The molecule has 3 heteroatoms. The molecular formula is C13H23N3. The van der Waals surface area contributed by atoms with Gasteiger partial charge in [-0.1, -0.05) is 20.3 Å². The normalized spacial score (nSPS) is 19.8. The van der Waals surface area contributed by atoms with E-state index in [0.717, 1.165) is 18.2 Å². The number of hydrogen-bond donors (Lipinski definition) is 1. The smallest absolute Gasteiger partial charge is 0.0583 e. The molecule has 1 unspecified atom stereocenters. The highest BCUT2D eigenvalue weighted by Gasteiger charge is 2.08. The molecule has 1 atom stereocenters. The molecular weight excluding hydrogens is 198 g/mol. The highest BCUT2D eigenvalue weighted by molar-refractivity contribution is 4.92. The van der Waals surface area contributed by atoms with Crippen LogP contribution in [0.3, 0.4) is 0 Å². The topological polar surface area (TPSA) is 37.8 Å². The number of hydrogen-bond acceptors (Lipinski definition) is 3. The Hall–Kier alpha value is -0.960. The first kappa shape index (κ1) is 13.1. The van der Waals surface area contributed by atoms with Gasteiger partial charge in [-0.2, -0.15) is 0 Å². The van der Waals surface area contributed by atoms with Gasteiger partial charge in [0, 0.05) is 24.6 Å². The predicted molar refractivity (Wildman–Crippen MR) is 67.3 cm³/mol. The van der Waals surface area contributed by atoms with Gasteiger partial charge in [-0.3, -0.25) is 9.97 Å². The summed E-state index contributed by atoms with van der Waals surface area (Å²) in [5.74, 6) is 0. The standard InChI is InChI=1S/C7H15N.C6H8N2/c1-2-7-5-3-4-6-8-7;1-2-6-5-7-3-4-8-6/h7-8H,2-6H2,1H3;3-5H,2H2,1H3. The van der Waals surface area contributed by atoms with Crippen molar-refractivity contribution in [2.45, 2.75) is 52.0 Å². The molecule has 90 valence electrons. The Morgan fingerprint density at radius 2 is 2.19 bits per heavy atom. The fourth-order valence-corrected chi connectivity index (χ4v) is 1.78. The van der Waals surface area contributed by atoms with E-state index in [9.17, 15) is 0 Å². The maximum absolute atomic E-state index is 4.03. The van der Waals surface area contributed by atoms with Crippen LogP contribution in [0.5, 0.6) is 0 Å². The molecule has 0 spiro atoms. The lowest BCUT2D eigenvalue weighted by atomic mass is 10.0. The molecule has 1 N–H and O–H groups in total. The van der Waals surface area contributed by atoms with E-state index in [1.54, 1.807) is 18.6 Å². The highest BCUT2D eigenvalue weighted by atomic mass is 14.9. The molecule has 2 heterocycles. The lowest BCUT2D eigenvalue weighted by molar-refractivity contribution is 0.393. The zero-order valence-electron chi connectivity index (χ0n) is 10.4. The minimum absolute atomic E-state index is 0.837. The lowest BCUT2D eigenvalue weighted by Crippen LogP contribution is -2.32. The first-order valence-corrected chi connectivity index (χ1v) is 6.35. The Morgan fingerprint density at radius 3 is 2.56 bits per heavy atom. The zero-order valence-corrected chi connectivity index (χ0v) is 10.4. The Morgan fingerprint density at radius 1 is 1.31 bits per heavy atom. The van der Waals surface area contributed by atoms with E-state index in [4.69, 9.17) is 0 Å². The second-order valence-electron chi connectivity index (χ2n) is 4.11. The van der Waals surface area contributed by atoms with E-state index < -0.39 is 0 Å². The molecule has 1 fully saturated rings. The second-order valence-corrected chi connectivity index (χ2v) is 4.11. The van der Waals surface area contributed by atoms with Crippen LogP contribution in [0.4, 0.5) is 0 Å². The van der Waals surface area contributed by atoms with Gasteiger partial charge in [-0.25, -0.2) is 0 Å². The summed E-state index contributed by atoms with van der Waals surface area (Å²) in [4.78, 5) is 7.93. The van der Waals surface area contributed by atoms with E-state index in [2.05, 4.69) is 29.1 Å². The third-order valence-electron chi connectivity index (χ3n) is 2.88. The van der Waals surface area contributed by atoms with E-state index in [1.165, 1.54) is 32.2 Å². The fourth-order valence-electron chi connectivity index (χ4n) is 1.78. The molecule has 1 aromatic rings. The van der Waals surface area contributed by atoms with Crippen molar-refractivity contribution in [1.82, 2.24) is 15.3 Å². The van der Waals surface area contributed by atoms with Crippen LogP contribution in [0.1, 0.15) is 45.2 Å². The molecule has 2 rings (SSSR count). The molecule has 1 saturated heterocycles. The lowest BCUT2D eigenvalue weighted by Gasteiger charge is -2.21. The van der Waals surface area contributed by atoms with Gasteiger partial charge < -0.3 is 5.32 Å². The maximum Gasteiger partial charge on any atom is 0.0583 e. The quantitative estimate of drug-likeness (QED) is 0.834. The van der Waals surface area contributed by atoms with Crippen molar-refractivity contribution in [3.05, 3.63) is 24.3 Å². The Bertz CT molecular complexity index is 255. The maximum atomic E-state index is 4.03. The third kappa shape index (κ3) is 5.21. The summed E-state index contributed by atoms with van der Waals surface area (Å²) in [6.07, 6.45) is 11.7. The highest BCUT2D eigenvalue weighted by Crippen LogP contribution is 2.08. The summed E-state index contributed by atoms with van der Waals surface area (Å²) in [6, 6.07) is 0.837. The molecule has 1 aliphatic heterocycles. The predicted octanol–water partition coefficient (Wildman–Crippen LogP) is 2.58. The average molecular weight is 221 g/mol. The van der Waals surface area contributed by atoms with Gasteiger partial charge in [0.25, 0.3) is 0 Å². The Kier molecular flexibility index (Phi) is 6.74. The number of nitrogens with one attached hydrogen (secondary N) is 1. The van der Waals surface area contributed by atoms with Crippen molar-refractivity contribution in [3.63, 3.8) is 0 Å². The minimum Gasteiger partial charge on any atom is -0.314 e. The number of aromatic nitrogens is 2. The SMILES string of the molecule is CCC1CCCCN1.CCc1cnccn1. The van der Waals surface area contributed by atoms with Crippen LogP contribution in [0.15, 0.2) is 18.6 Å². The first-order chi connectivity index (χ1) is 7.86. The summed E-state index contributed by atoms with van der Waals surface area (Å²) in [7, 11) is 0.